The zero-order valence-electron chi connectivity index (χ0n) is 13.8. The highest BCUT2D eigenvalue weighted by Crippen LogP contribution is 2.36. The average Bonchev–Trinajstić information content (AvgIpc) is 2.82. The number of methoxy groups -OCH3 is 2. The van der Waals surface area contributed by atoms with Crippen LogP contribution in [0.2, 0.25) is 5.02 Å². The highest BCUT2D eigenvalue weighted by molar-refractivity contribution is 6.32. The van der Waals surface area contributed by atoms with Gasteiger partial charge in [0.1, 0.15) is 5.75 Å². The fourth-order valence-electron chi connectivity index (χ4n) is 2.23. The topological polar surface area (TPSA) is 62.6 Å². The van der Waals surface area contributed by atoms with Crippen LogP contribution in [0.1, 0.15) is 28.7 Å². The van der Waals surface area contributed by atoms with Gasteiger partial charge in [0.2, 0.25) is 0 Å². The van der Waals surface area contributed by atoms with Gasteiger partial charge in [-0.3, -0.25) is 4.79 Å². The van der Waals surface area contributed by atoms with E-state index in [0.29, 0.717) is 45.8 Å². The van der Waals surface area contributed by atoms with E-state index in [2.05, 4.69) is 5.10 Å². The number of carbonyl (C=O) groups excluding carboxylic acids is 1. The summed E-state index contributed by atoms with van der Waals surface area (Å²) in [7, 11) is 3.02. The van der Waals surface area contributed by atoms with Crippen molar-refractivity contribution in [3.8, 4) is 17.2 Å². The monoisotopic (exact) mass is 338 g/mol. The zero-order chi connectivity index (χ0) is 17.1. The summed E-state index contributed by atoms with van der Waals surface area (Å²) in [6, 6.07) is 3.26. The molecule has 0 amide bonds. The number of hydrogen-bond acceptors (Lipinski definition) is 5. The predicted octanol–water partition coefficient (Wildman–Crippen LogP) is 3.26. The summed E-state index contributed by atoms with van der Waals surface area (Å²) >= 11 is 6.13. The number of aryl methyl sites for hydroxylation is 1. The number of halogens is 1. The Labute approximate surface area is 139 Å². The van der Waals surface area contributed by atoms with E-state index in [0.717, 1.165) is 0 Å². The molecule has 0 spiro atoms. The lowest BCUT2D eigenvalue weighted by Gasteiger charge is -2.15. The quantitative estimate of drug-likeness (QED) is 0.837. The lowest BCUT2D eigenvalue weighted by Crippen LogP contribution is -2.17. The van der Waals surface area contributed by atoms with Crippen molar-refractivity contribution in [3.63, 3.8) is 0 Å². The molecule has 0 saturated carbocycles. The average molecular weight is 339 g/mol. The predicted molar refractivity (Wildman–Crippen MR) is 87.2 cm³/mol. The summed E-state index contributed by atoms with van der Waals surface area (Å²) in [6.45, 7) is 5.70. The number of hydrogen-bond donors (Lipinski definition) is 0. The number of aromatic nitrogens is 2. The van der Waals surface area contributed by atoms with Gasteiger partial charge in [0.25, 0.3) is 5.91 Å². The minimum absolute atomic E-state index is 0.297. The lowest BCUT2D eigenvalue weighted by atomic mass is 10.1. The van der Waals surface area contributed by atoms with Crippen LogP contribution < -0.4 is 14.2 Å². The van der Waals surface area contributed by atoms with Crippen molar-refractivity contribution in [3.05, 3.63) is 34.1 Å². The molecule has 0 radical (unpaired) electrons. The molecule has 0 aliphatic rings. The molecule has 0 bridgehead atoms. The second-order valence-corrected chi connectivity index (χ2v) is 5.22. The van der Waals surface area contributed by atoms with Gasteiger partial charge in [-0.25, -0.2) is 0 Å². The van der Waals surface area contributed by atoms with Crippen LogP contribution >= 0.6 is 11.6 Å². The van der Waals surface area contributed by atoms with Gasteiger partial charge in [-0.05, 0) is 26.8 Å². The normalized spacial score (nSPS) is 10.5. The third kappa shape index (κ3) is 3.12. The van der Waals surface area contributed by atoms with Crippen molar-refractivity contribution in [2.24, 2.45) is 0 Å². The molecule has 0 unspecified atom stereocenters. The van der Waals surface area contributed by atoms with Gasteiger partial charge in [0, 0.05) is 6.07 Å². The summed E-state index contributed by atoms with van der Waals surface area (Å²) in [5, 5.41) is 4.66. The minimum atomic E-state index is -0.363. The lowest BCUT2D eigenvalue weighted by molar-refractivity contribution is 0.0937. The first kappa shape index (κ1) is 17.1. The molecule has 124 valence electrons. The Morgan fingerprint density at radius 1 is 1.26 bits per heavy atom. The summed E-state index contributed by atoms with van der Waals surface area (Å²) in [5.74, 6) is 0.895. The van der Waals surface area contributed by atoms with Crippen molar-refractivity contribution in [2.75, 3.05) is 20.8 Å². The Morgan fingerprint density at radius 3 is 2.43 bits per heavy atom. The number of ether oxygens (including phenoxy) is 3. The van der Waals surface area contributed by atoms with E-state index in [1.807, 2.05) is 6.92 Å². The van der Waals surface area contributed by atoms with Crippen LogP contribution in [0, 0.1) is 13.8 Å². The van der Waals surface area contributed by atoms with E-state index in [1.165, 1.54) is 18.9 Å². The van der Waals surface area contributed by atoms with Crippen LogP contribution in [0.4, 0.5) is 0 Å². The van der Waals surface area contributed by atoms with E-state index in [4.69, 9.17) is 25.8 Å². The van der Waals surface area contributed by atoms with E-state index in [1.54, 1.807) is 26.0 Å². The molecule has 7 heteroatoms. The Morgan fingerprint density at radius 2 is 1.96 bits per heavy atom. The molecule has 1 aromatic carbocycles. The van der Waals surface area contributed by atoms with E-state index >= 15 is 0 Å². The van der Waals surface area contributed by atoms with Crippen LogP contribution in [-0.4, -0.2) is 36.5 Å². The third-order valence-electron chi connectivity index (χ3n) is 3.40. The first-order chi connectivity index (χ1) is 10.9. The molecule has 23 heavy (non-hydrogen) atoms. The van der Waals surface area contributed by atoms with Gasteiger partial charge < -0.3 is 14.2 Å². The van der Waals surface area contributed by atoms with Gasteiger partial charge in [-0.15, -0.1) is 0 Å². The number of carbonyl (C=O) groups is 1. The fraction of sp³-hybridized carbons (Fsp3) is 0.375. The number of benzene rings is 1. The van der Waals surface area contributed by atoms with Crippen molar-refractivity contribution < 1.29 is 19.0 Å². The molecule has 2 rings (SSSR count). The molecule has 2 aromatic rings. The zero-order valence-corrected chi connectivity index (χ0v) is 14.5. The molecule has 0 aliphatic carbocycles. The van der Waals surface area contributed by atoms with E-state index < -0.39 is 0 Å². The molecule has 0 fully saturated rings. The molecule has 0 aliphatic heterocycles. The molecule has 1 heterocycles. The van der Waals surface area contributed by atoms with Crippen LogP contribution in [0.5, 0.6) is 17.2 Å². The third-order valence-corrected chi connectivity index (χ3v) is 3.95. The number of rotatable bonds is 5. The second-order valence-electron chi connectivity index (χ2n) is 4.84. The maximum atomic E-state index is 12.9. The van der Waals surface area contributed by atoms with Gasteiger partial charge >= 0.3 is 0 Å². The fourth-order valence-corrected chi connectivity index (χ4v) is 2.35. The van der Waals surface area contributed by atoms with Crippen molar-refractivity contribution >= 4 is 17.5 Å². The molecule has 6 nitrogen and oxygen atoms in total. The highest BCUT2D eigenvalue weighted by atomic mass is 35.5. The largest absolute Gasteiger partial charge is 0.497 e. The van der Waals surface area contributed by atoms with E-state index in [-0.39, 0.29) is 5.91 Å². The van der Waals surface area contributed by atoms with Gasteiger partial charge in [-0.1, -0.05) is 11.6 Å². The molecular formula is C16H19ClN2O4. The smallest absolute Gasteiger partial charge is 0.282 e. The first-order valence-corrected chi connectivity index (χ1v) is 7.47. The maximum absolute atomic E-state index is 12.9. The van der Waals surface area contributed by atoms with Gasteiger partial charge in [0.05, 0.1) is 42.8 Å². The molecule has 0 atom stereocenters. The molecule has 1 aromatic heterocycles. The van der Waals surface area contributed by atoms with Crippen LogP contribution in [-0.2, 0) is 0 Å². The van der Waals surface area contributed by atoms with E-state index in [9.17, 15) is 4.79 Å². The number of nitrogens with zero attached hydrogens (tertiary/aromatic N) is 2. The molecule has 0 N–H and O–H groups in total. The summed E-state index contributed by atoms with van der Waals surface area (Å²) < 4.78 is 17.4. The standard InChI is InChI=1S/C16H19ClN2O4/c1-6-23-15-12(7-11(21-4)8-13(15)22-5)16(20)19-10(3)14(17)9(2)18-19/h7-8H,6H2,1-5H3. The SMILES string of the molecule is CCOc1c(OC)cc(OC)cc1C(=O)n1nc(C)c(Cl)c1C. The van der Waals surface area contributed by atoms with Crippen LogP contribution in [0.3, 0.4) is 0 Å². The first-order valence-electron chi connectivity index (χ1n) is 7.09. The summed E-state index contributed by atoms with van der Waals surface area (Å²) in [4.78, 5) is 12.9. The Bertz CT molecular complexity index is 740. The van der Waals surface area contributed by atoms with Crippen LogP contribution in [0.15, 0.2) is 12.1 Å². The van der Waals surface area contributed by atoms with Crippen molar-refractivity contribution in [1.82, 2.24) is 9.78 Å². The van der Waals surface area contributed by atoms with Crippen LogP contribution in [0.25, 0.3) is 0 Å². The van der Waals surface area contributed by atoms with Gasteiger partial charge in [-0.2, -0.15) is 9.78 Å². The molecule has 0 saturated heterocycles. The summed E-state index contributed by atoms with van der Waals surface area (Å²) in [5.41, 5.74) is 1.45. The minimum Gasteiger partial charge on any atom is -0.497 e. The Balaban J connectivity index is 2.64. The second kappa shape index (κ2) is 6.91. The summed E-state index contributed by atoms with van der Waals surface area (Å²) in [6.07, 6.45) is 0. The highest BCUT2D eigenvalue weighted by Gasteiger charge is 2.24. The van der Waals surface area contributed by atoms with Gasteiger partial charge in [0.15, 0.2) is 11.5 Å². The molecular weight excluding hydrogens is 320 g/mol. The van der Waals surface area contributed by atoms with Crippen molar-refractivity contribution in [1.29, 1.82) is 0 Å². The van der Waals surface area contributed by atoms with Crippen molar-refractivity contribution in [2.45, 2.75) is 20.8 Å². The Kier molecular flexibility index (Phi) is 5.15. The Hall–Kier alpha value is -2.21. The maximum Gasteiger partial charge on any atom is 0.282 e.